The number of carbonyl (C=O) groups is 1. The van der Waals surface area contributed by atoms with Crippen LogP contribution >= 0.6 is 0 Å². The van der Waals surface area contributed by atoms with Crippen molar-refractivity contribution in [1.29, 1.82) is 0 Å². The SMILES string of the molecule is O=C(O)c1cn(Cc2ccc(F)cc2)c2ccc(Oc3ccccc3)cc2c1=O. The molecule has 1 aromatic heterocycles. The fourth-order valence-corrected chi connectivity index (χ4v) is 3.13. The molecule has 5 nitrogen and oxygen atoms in total. The number of fused-ring (bicyclic) bond motifs is 1. The zero-order valence-electron chi connectivity index (χ0n) is 15.2. The van der Waals surface area contributed by atoms with Crippen LogP contribution in [-0.4, -0.2) is 15.6 Å². The molecule has 0 unspecified atom stereocenters. The Hall–Kier alpha value is -3.93. The van der Waals surface area contributed by atoms with Crippen molar-refractivity contribution >= 4 is 16.9 Å². The van der Waals surface area contributed by atoms with Gasteiger partial charge in [-0.15, -0.1) is 0 Å². The number of ether oxygens (including phenoxy) is 1. The van der Waals surface area contributed by atoms with E-state index in [9.17, 15) is 19.1 Å². The van der Waals surface area contributed by atoms with Crippen molar-refractivity contribution in [3.63, 3.8) is 0 Å². The number of halogens is 1. The van der Waals surface area contributed by atoms with Gasteiger partial charge >= 0.3 is 5.97 Å². The summed E-state index contributed by atoms with van der Waals surface area (Å²) in [5.74, 6) is -0.629. The first-order valence-electron chi connectivity index (χ1n) is 8.89. The molecule has 6 heteroatoms. The van der Waals surface area contributed by atoms with Gasteiger partial charge in [0.25, 0.3) is 0 Å². The summed E-state index contributed by atoms with van der Waals surface area (Å²) in [6.45, 7) is 0.288. The van der Waals surface area contributed by atoms with Gasteiger partial charge in [0.2, 0.25) is 5.43 Å². The Balaban J connectivity index is 1.82. The van der Waals surface area contributed by atoms with E-state index in [0.717, 1.165) is 5.56 Å². The number of hydrogen-bond acceptors (Lipinski definition) is 3. The van der Waals surface area contributed by atoms with Gasteiger partial charge in [0, 0.05) is 12.7 Å². The zero-order valence-corrected chi connectivity index (χ0v) is 15.2. The molecule has 0 aliphatic heterocycles. The van der Waals surface area contributed by atoms with Crippen LogP contribution < -0.4 is 10.2 Å². The van der Waals surface area contributed by atoms with Crippen molar-refractivity contribution in [3.8, 4) is 11.5 Å². The predicted molar refractivity (Wildman–Crippen MR) is 107 cm³/mol. The molecule has 0 spiro atoms. The summed E-state index contributed by atoms with van der Waals surface area (Å²) in [4.78, 5) is 24.3. The van der Waals surface area contributed by atoms with E-state index in [1.54, 1.807) is 41.0 Å². The Morgan fingerprint density at radius 3 is 2.38 bits per heavy atom. The fraction of sp³-hybridized carbons (Fsp3) is 0.0435. The maximum atomic E-state index is 13.2. The molecule has 144 valence electrons. The van der Waals surface area contributed by atoms with Crippen molar-refractivity contribution < 1.29 is 19.0 Å². The Bertz CT molecular complexity index is 1250. The van der Waals surface area contributed by atoms with Gasteiger partial charge in [-0.25, -0.2) is 9.18 Å². The molecule has 0 fully saturated rings. The second-order valence-electron chi connectivity index (χ2n) is 6.53. The molecule has 0 aliphatic rings. The molecule has 1 heterocycles. The topological polar surface area (TPSA) is 68.5 Å². The van der Waals surface area contributed by atoms with E-state index in [0.29, 0.717) is 17.0 Å². The van der Waals surface area contributed by atoms with E-state index in [1.807, 2.05) is 18.2 Å². The highest BCUT2D eigenvalue weighted by molar-refractivity contribution is 5.93. The number of nitrogens with zero attached hydrogens (tertiary/aromatic N) is 1. The number of carboxylic acid groups (broad SMARTS) is 1. The third-order valence-electron chi connectivity index (χ3n) is 4.53. The van der Waals surface area contributed by atoms with Crippen LogP contribution in [0, 0.1) is 5.82 Å². The van der Waals surface area contributed by atoms with Gasteiger partial charge in [-0.2, -0.15) is 0 Å². The normalized spacial score (nSPS) is 10.8. The van der Waals surface area contributed by atoms with Gasteiger partial charge in [-0.05, 0) is 48.0 Å². The lowest BCUT2D eigenvalue weighted by Gasteiger charge is -2.14. The highest BCUT2D eigenvalue weighted by Crippen LogP contribution is 2.25. The quantitative estimate of drug-likeness (QED) is 0.538. The van der Waals surface area contributed by atoms with E-state index < -0.39 is 11.4 Å². The first-order chi connectivity index (χ1) is 14.0. The summed E-state index contributed by atoms with van der Waals surface area (Å²) in [6.07, 6.45) is 1.31. The average molecular weight is 389 g/mol. The Kier molecular flexibility index (Phi) is 4.83. The second-order valence-corrected chi connectivity index (χ2v) is 6.53. The molecular weight excluding hydrogens is 373 g/mol. The molecule has 0 bridgehead atoms. The van der Waals surface area contributed by atoms with E-state index in [2.05, 4.69) is 0 Å². The molecule has 0 amide bonds. The number of rotatable bonds is 5. The van der Waals surface area contributed by atoms with Gasteiger partial charge in [0.1, 0.15) is 22.9 Å². The lowest BCUT2D eigenvalue weighted by Crippen LogP contribution is -2.19. The van der Waals surface area contributed by atoms with Crippen molar-refractivity contribution in [2.75, 3.05) is 0 Å². The smallest absolute Gasteiger partial charge is 0.341 e. The highest BCUT2D eigenvalue weighted by atomic mass is 19.1. The summed E-state index contributed by atoms with van der Waals surface area (Å²) in [5.41, 5.74) is 0.417. The minimum Gasteiger partial charge on any atom is -0.477 e. The van der Waals surface area contributed by atoms with Gasteiger partial charge in [-0.1, -0.05) is 30.3 Å². The maximum absolute atomic E-state index is 13.2. The lowest BCUT2D eigenvalue weighted by atomic mass is 10.1. The predicted octanol–water partition coefficient (Wildman–Crippen LogP) is 4.68. The number of aromatic carboxylic acids is 1. The van der Waals surface area contributed by atoms with Crippen molar-refractivity contribution in [3.05, 3.63) is 106 Å². The van der Waals surface area contributed by atoms with Crippen molar-refractivity contribution in [1.82, 2.24) is 4.57 Å². The van der Waals surface area contributed by atoms with Crippen LogP contribution in [0.4, 0.5) is 4.39 Å². The molecular formula is C23H16FNO4. The molecule has 3 aromatic carbocycles. The second kappa shape index (κ2) is 7.59. The summed E-state index contributed by atoms with van der Waals surface area (Å²) < 4.78 is 20.6. The van der Waals surface area contributed by atoms with E-state index in [-0.39, 0.29) is 23.3 Å². The Labute approximate surface area is 165 Å². The minimum absolute atomic E-state index is 0.237. The van der Waals surface area contributed by atoms with E-state index in [4.69, 9.17) is 4.74 Å². The summed E-state index contributed by atoms with van der Waals surface area (Å²) >= 11 is 0. The molecule has 29 heavy (non-hydrogen) atoms. The van der Waals surface area contributed by atoms with Crippen LogP contribution in [0.3, 0.4) is 0 Å². The molecule has 4 rings (SSSR count). The van der Waals surface area contributed by atoms with Crippen molar-refractivity contribution in [2.24, 2.45) is 0 Å². The monoisotopic (exact) mass is 389 g/mol. The average Bonchev–Trinajstić information content (AvgIpc) is 2.72. The number of hydrogen-bond donors (Lipinski definition) is 1. The van der Waals surface area contributed by atoms with Crippen LogP contribution in [0.15, 0.2) is 83.8 Å². The highest BCUT2D eigenvalue weighted by Gasteiger charge is 2.15. The fourth-order valence-electron chi connectivity index (χ4n) is 3.13. The Morgan fingerprint density at radius 1 is 0.966 bits per heavy atom. The summed E-state index contributed by atoms with van der Waals surface area (Å²) in [7, 11) is 0. The number of carboxylic acids is 1. The van der Waals surface area contributed by atoms with Gasteiger partial charge in [0.05, 0.1) is 10.9 Å². The van der Waals surface area contributed by atoms with Gasteiger partial charge in [-0.3, -0.25) is 4.79 Å². The molecule has 0 aliphatic carbocycles. The van der Waals surface area contributed by atoms with Crippen LogP contribution in [0.1, 0.15) is 15.9 Å². The van der Waals surface area contributed by atoms with Crippen LogP contribution in [0.25, 0.3) is 10.9 Å². The molecule has 4 aromatic rings. The van der Waals surface area contributed by atoms with Crippen LogP contribution in [0.2, 0.25) is 0 Å². The summed E-state index contributed by atoms with van der Waals surface area (Å²) in [5, 5.41) is 9.70. The molecule has 0 atom stereocenters. The Morgan fingerprint density at radius 2 is 1.69 bits per heavy atom. The number of aromatic nitrogens is 1. The van der Waals surface area contributed by atoms with E-state index >= 15 is 0 Å². The lowest BCUT2D eigenvalue weighted by molar-refractivity contribution is 0.0695. The van der Waals surface area contributed by atoms with Gasteiger partial charge in [0.15, 0.2) is 0 Å². The third kappa shape index (κ3) is 3.87. The molecule has 0 saturated heterocycles. The number of pyridine rings is 1. The molecule has 0 radical (unpaired) electrons. The maximum Gasteiger partial charge on any atom is 0.341 e. The zero-order chi connectivity index (χ0) is 20.4. The van der Waals surface area contributed by atoms with Crippen molar-refractivity contribution in [2.45, 2.75) is 6.54 Å². The van der Waals surface area contributed by atoms with Crippen LogP contribution in [0.5, 0.6) is 11.5 Å². The molecule has 1 N–H and O–H groups in total. The standard InChI is InChI=1S/C23H16FNO4/c24-16-8-6-15(7-9-16)13-25-14-20(23(27)28)22(26)19-12-18(10-11-21(19)25)29-17-4-2-1-3-5-17/h1-12,14H,13H2,(H,27,28). The van der Waals surface area contributed by atoms with Gasteiger partial charge < -0.3 is 14.4 Å². The number of benzene rings is 3. The largest absolute Gasteiger partial charge is 0.477 e. The number of para-hydroxylation sites is 1. The minimum atomic E-state index is -1.31. The van der Waals surface area contributed by atoms with E-state index in [1.165, 1.54) is 24.4 Å². The summed E-state index contributed by atoms with van der Waals surface area (Å²) in [6, 6.07) is 20.0. The first-order valence-corrected chi connectivity index (χ1v) is 8.89. The first kappa shape index (κ1) is 18.4. The molecule has 0 saturated carbocycles. The third-order valence-corrected chi connectivity index (χ3v) is 4.53. The van der Waals surface area contributed by atoms with Crippen LogP contribution in [-0.2, 0) is 6.54 Å².